The normalized spacial score (nSPS) is 11.9. The summed E-state index contributed by atoms with van der Waals surface area (Å²) in [5, 5.41) is 2.99. The molecule has 0 bridgehead atoms. The van der Waals surface area contributed by atoms with E-state index in [9.17, 15) is 9.00 Å². The maximum Gasteiger partial charge on any atom is 0.237 e. The van der Waals surface area contributed by atoms with Gasteiger partial charge in [-0.1, -0.05) is 23.7 Å². The summed E-state index contributed by atoms with van der Waals surface area (Å²) in [5.41, 5.74) is 6.54. The molecule has 1 atom stereocenters. The van der Waals surface area contributed by atoms with Gasteiger partial charge < -0.3 is 11.1 Å². The van der Waals surface area contributed by atoms with Crippen molar-refractivity contribution in [1.29, 1.82) is 0 Å². The van der Waals surface area contributed by atoms with Crippen LogP contribution in [0.3, 0.4) is 0 Å². The van der Waals surface area contributed by atoms with E-state index < -0.39 is 16.7 Å². The van der Waals surface area contributed by atoms with Crippen molar-refractivity contribution >= 4 is 55.6 Å². The maximum absolute atomic E-state index is 12.2. The van der Waals surface area contributed by atoms with Crippen molar-refractivity contribution in [3.63, 3.8) is 0 Å². The summed E-state index contributed by atoms with van der Waals surface area (Å²) >= 11 is 9.28. The van der Waals surface area contributed by atoms with E-state index in [-0.39, 0.29) is 5.75 Å². The number of benzene rings is 2. The Morgan fingerprint density at radius 3 is 2.71 bits per heavy atom. The molecule has 0 aliphatic carbocycles. The highest BCUT2D eigenvalue weighted by Gasteiger charge is 2.14. The van der Waals surface area contributed by atoms with Crippen molar-refractivity contribution in [2.75, 3.05) is 16.8 Å². The minimum atomic E-state index is -1.44. The third kappa shape index (κ3) is 4.30. The molecule has 0 saturated heterocycles. The SMILES string of the molecule is Nc1ccc(Cl)c(NC(=O)CS(=O)c2ccccc2Br)c1. The number of anilines is 2. The monoisotopic (exact) mass is 386 g/mol. The van der Waals surface area contributed by atoms with Crippen LogP contribution in [0.15, 0.2) is 51.8 Å². The van der Waals surface area contributed by atoms with E-state index in [1.165, 1.54) is 0 Å². The Hall–Kier alpha value is -1.37. The Bertz CT molecular complexity index is 709. The van der Waals surface area contributed by atoms with Gasteiger partial charge in [-0.25, -0.2) is 0 Å². The molecule has 0 aliphatic heterocycles. The molecule has 7 heteroatoms. The number of amides is 1. The summed E-state index contributed by atoms with van der Waals surface area (Å²) in [4.78, 5) is 12.5. The minimum absolute atomic E-state index is 0.159. The van der Waals surface area contributed by atoms with Gasteiger partial charge in [-0.15, -0.1) is 0 Å². The van der Waals surface area contributed by atoms with Crippen LogP contribution in [-0.4, -0.2) is 15.9 Å². The molecular weight excluding hydrogens is 376 g/mol. The van der Waals surface area contributed by atoms with Crippen LogP contribution in [0.25, 0.3) is 0 Å². The molecule has 3 N–H and O–H groups in total. The summed E-state index contributed by atoms with van der Waals surface area (Å²) in [6.45, 7) is 0. The fraction of sp³-hybridized carbons (Fsp3) is 0.0714. The second-order valence-electron chi connectivity index (χ2n) is 4.21. The molecule has 1 amide bonds. The third-order valence-corrected chi connectivity index (χ3v) is 5.26. The number of hydrogen-bond donors (Lipinski definition) is 2. The number of hydrogen-bond acceptors (Lipinski definition) is 3. The first-order chi connectivity index (χ1) is 9.97. The summed E-state index contributed by atoms with van der Waals surface area (Å²) in [6.07, 6.45) is 0. The van der Waals surface area contributed by atoms with Gasteiger partial charge in [0.1, 0.15) is 5.75 Å². The predicted molar refractivity (Wildman–Crippen MR) is 89.9 cm³/mol. The first-order valence-corrected chi connectivity index (χ1v) is 8.44. The summed E-state index contributed by atoms with van der Waals surface area (Å²) in [7, 11) is -1.44. The van der Waals surface area contributed by atoms with Crippen molar-refractivity contribution in [3.05, 3.63) is 52.0 Å². The predicted octanol–water partition coefficient (Wildman–Crippen LogP) is 3.43. The molecular formula is C14H12BrClN2O2S. The molecule has 2 aromatic rings. The average molecular weight is 388 g/mol. The Balaban J connectivity index is 2.07. The molecule has 0 spiro atoms. The number of nitrogen functional groups attached to an aromatic ring is 1. The highest BCUT2D eigenvalue weighted by atomic mass is 79.9. The van der Waals surface area contributed by atoms with Gasteiger partial charge in [-0.05, 0) is 46.3 Å². The zero-order valence-corrected chi connectivity index (χ0v) is 14.0. The Morgan fingerprint density at radius 2 is 2.00 bits per heavy atom. The Kier molecular flexibility index (Phi) is 5.39. The topological polar surface area (TPSA) is 72.2 Å². The maximum atomic E-state index is 12.2. The van der Waals surface area contributed by atoms with Crippen molar-refractivity contribution in [1.82, 2.24) is 0 Å². The second kappa shape index (κ2) is 7.06. The molecule has 1 unspecified atom stereocenters. The summed E-state index contributed by atoms with van der Waals surface area (Å²) in [6, 6.07) is 11.9. The summed E-state index contributed by atoms with van der Waals surface area (Å²) < 4.78 is 12.9. The molecule has 0 aromatic heterocycles. The van der Waals surface area contributed by atoms with Gasteiger partial charge in [0, 0.05) is 10.2 Å². The van der Waals surface area contributed by atoms with Crippen LogP contribution >= 0.6 is 27.5 Å². The molecule has 2 aromatic carbocycles. The van der Waals surface area contributed by atoms with Gasteiger partial charge in [0.15, 0.2) is 0 Å². The van der Waals surface area contributed by atoms with Gasteiger partial charge in [0.25, 0.3) is 0 Å². The van der Waals surface area contributed by atoms with Gasteiger partial charge in [0.05, 0.1) is 26.4 Å². The van der Waals surface area contributed by atoms with E-state index in [0.29, 0.717) is 25.8 Å². The van der Waals surface area contributed by atoms with Crippen molar-refractivity contribution in [2.24, 2.45) is 0 Å². The molecule has 0 heterocycles. The van der Waals surface area contributed by atoms with Crippen LogP contribution in [0.4, 0.5) is 11.4 Å². The molecule has 0 saturated carbocycles. The molecule has 21 heavy (non-hydrogen) atoms. The fourth-order valence-corrected chi connectivity index (χ4v) is 3.62. The van der Waals surface area contributed by atoms with Crippen molar-refractivity contribution < 1.29 is 9.00 Å². The first-order valence-electron chi connectivity index (χ1n) is 5.95. The smallest absolute Gasteiger partial charge is 0.237 e. The number of carbonyl (C=O) groups is 1. The number of halogens is 2. The fourth-order valence-electron chi connectivity index (χ4n) is 1.65. The third-order valence-electron chi connectivity index (χ3n) is 2.61. The lowest BCUT2D eigenvalue weighted by atomic mass is 10.3. The van der Waals surface area contributed by atoms with E-state index in [1.54, 1.807) is 36.4 Å². The number of nitrogens with one attached hydrogen (secondary N) is 1. The van der Waals surface area contributed by atoms with Crippen molar-refractivity contribution in [3.8, 4) is 0 Å². The highest BCUT2D eigenvalue weighted by molar-refractivity contribution is 9.10. The van der Waals surface area contributed by atoms with Gasteiger partial charge in [0.2, 0.25) is 5.91 Å². The zero-order valence-electron chi connectivity index (χ0n) is 10.8. The van der Waals surface area contributed by atoms with Crippen molar-refractivity contribution in [2.45, 2.75) is 4.90 Å². The van der Waals surface area contributed by atoms with E-state index in [1.807, 2.05) is 6.07 Å². The van der Waals surface area contributed by atoms with Crippen LogP contribution in [0.5, 0.6) is 0 Å². The zero-order chi connectivity index (χ0) is 15.4. The summed E-state index contributed by atoms with van der Waals surface area (Å²) in [5.74, 6) is -0.551. The molecule has 110 valence electrons. The van der Waals surface area contributed by atoms with Gasteiger partial charge >= 0.3 is 0 Å². The Labute approximate surface area is 138 Å². The molecule has 0 aliphatic rings. The lowest BCUT2D eigenvalue weighted by Gasteiger charge is -2.08. The second-order valence-corrected chi connectivity index (χ2v) is 6.89. The molecule has 0 fully saturated rings. The number of nitrogens with two attached hydrogens (primary N) is 1. The van der Waals surface area contributed by atoms with E-state index in [4.69, 9.17) is 17.3 Å². The van der Waals surface area contributed by atoms with Gasteiger partial charge in [-0.2, -0.15) is 0 Å². The van der Waals surface area contributed by atoms with Crippen LogP contribution in [0, 0.1) is 0 Å². The largest absolute Gasteiger partial charge is 0.399 e. The highest BCUT2D eigenvalue weighted by Crippen LogP contribution is 2.24. The van der Waals surface area contributed by atoms with E-state index in [0.717, 1.165) is 0 Å². The van der Waals surface area contributed by atoms with E-state index in [2.05, 4.69) is 21.2 Å². The van der Waals surface area contributed by atoms with Crippen LogP contribution in [-0.2, 0) is 15.6 Å². The lowest BCUT2D eigenvalue weighted by molar-refractivity contribution is -0.113. The van der Waals surface area contributed by atoms with Gasteiger partial charge in [-0.3, -0.25) is 9.00 Å². The van der Waals surface area contributed by atoms with Crippen LogP contribution in [0.1, 0.15) is 0 Å². The van der Waals surface area contributed by atoms with Crippen LogP contribution < -0.4 is 11.1 Å². The number of rotatable bonds is 4. The number of carbonyl (C=O) groups excluding carboxylic acids is 1. The molecule has 2 rings (SSSR count). The quantitative estimate of drug-likeness (QED) is 0.789. The van der Waals surface area contributed by atoms with E-state index >= 15 is 0 Å². The molecule has 0 radical (unpaired) electrons. The minimum Gasteiger partial charge on any atom is -0.399 e. The first kappa shape index (κ1) is 16.0. The van der Waals surface area contributed by atoms with Crippen LogP contribution in [0.2, 0.25) is 5.02 Å². The molecule has 4 nitrogen and oxygen atoms in total. The average Bonchev–Trinajstić information content (AvgIpc) is 2.43. The Morgan fingerprint density at radius 1 is 1.29 bits per heavy atom. The standard InChI is InChI=1S/C14H12BrClN2O2S/c15-10-3-1-2-4-13(10)21(20)8-14(19)18-12-7-9(17)5-6-11(12)16/h1-7H,8,17H2,(H,18,19). The lowest BCUT2D eigenvalue weighted by Crippen LogP contribution is -2.20.